The standard InChI is InChI=1S/C17H18BrNO/c1-20-17-4-2-3-16(11-17)19-10-9-14(12-19)13-5-7-15(18)8-6-13/h2-8,11,14H,9-10,12H2,1H3. The molecule has 0 N–H and O–H groups in total. The van der Waals surface area contributed by atoms with E-state index < -0.39 is 0 Å². The molecular weight excluding hydrogens is 314 g/mol. The highest BCUT2D eigenvalue weighted by atomic mass is 79.9. The van der Waals surface area contributed by atoms with Crippen LogP contribution in [0.15, 0.2) is 53.0 Å². The Bertz CT molecular complexity index is 582. The number of hydrogen-bond donors (Lipinski definition) is 0. The second kappa shape index (κ2) is 5.88. The summed E-state index contributed by atoms with van der Waals surface area (Å²) in [5.74, 6) is 1.55. The maximum absolute atomic E-state index is 5.31. The van der Waals surface area contributed by atoms with Crippen LogP contribution in [0.2, 0.25) is 0 Å². The lowest BCUT2D eigenvalue weighted by molar-refractivity contribution is 0.415. The summed E-state index contributed by atoms with van der Waals surface area (Å²) in [4.78, 5) is 2.44. The molecule has 2 aromatic carbocycles. The van der Waals surface area contributed by atoms with Gasteiger partial charge in [-0.1, -0.05) is 34.1 Å². The molecule has 20 heavy (non-hydrogen) atoms. The van der Waals surface area contributed by atoms with Crippen molar-refractivity contribution in [2.24, 2.45) is 0 Å². The highest BCUT2D eigenvalue weighted by molar-refractivity contribution is 9.10. The van der Waals surface area contributed by atoms with Gasteiger partial charge in [0.15, 0.2) is 0 Å². The number of anilines is 1. The number of rotatable bonds is 3. The molecule has 0 aliphatic carbocycles. The largest absolute Gasteiger partial charge is 0.497 e. The van der Waals surface area contributed by atoms with Gasteiger partial charge in [-0.15, -0.1) is 0 Å². The van der Waals surface area contributed by atoms with Gasteiger partial charge in [0.1, 0.15) is 5.75 Å². The van der Waals surface area contributed by atoms with E-state index in [-0.39, 0.29) is 0 Å². The Balaban J connectivity index is 1.74. The summed E-state index contributed by atoms with van der Waals surface area (Å²) in [6.07, 6.45) is 1.21. The van der Waals surface area contributed by atoms with Crippen LogP contribution in [0.25, 0.3) is 0 Å². The summed E-state index contributed by atoms with van der Waals surface area (Å²) in [5, 5.41) is 0. The first-order chi connectivity index (χ1) is 9.76. The third-order valence-electron chi connectivity index (χ3n) is 3.95. The van der Waals surface area contributed by atoms with E-state index in [0.717, 1.165) is 23.3 Å². The van der Waals surface area contributed by atoms with Gasteiger partial charge in [-0.3, -0.25) is 0 Å². The first kappa shape index (κ1) is 13.5. The average Bonchev–Trinajstić information content (AvgIpc) is 2.98. The Morgan fingerprint density at radius 2 is 1.95 bits per heavy atom. The Morgan fingerprint density at radius 3 is 2.70 bits per heavy atom. The lowest BCUT2D eigenvalue weighted by Crippen LogP contribution is -2.19. The molecule has 2 nitrogen and oxygen atoms in total. The molecule has 0 aromatic heterocycles. The number of methoxy groups -OCH3 is 1. The van der Waals surface area contributed by atoms with Crippen molar-refractivity contribution in [3.63, 3.8) is 0 Å². The van der Waals surface area contributed by atoms with Gasteiger partial charge in [0.05, 0.1) is 7.11 Å². The smallest absolute Gasteiger partial charge is 0.120 e. The van der Waals surface area contributed by atoms with Crippen molar-refractivity contribution < 1.29 is 4.74 Å². The number of hydrogen-bond acceptors (Lipinski definition) is 2. The van der Waals surface area contributed by atoms with Gasteiger partial charge in [-0.05, 0) is 36.2 Å². The van der Waals surface area contributed by atoms with Crippen LogP contribution < -0.4 is 9.64 Å². The van der Waals surface area contributed by atoms with Crippen molar-refractivity contribution in [1.29, 1.82) is 0 Å². The fraction of sp³-hybridized carbons (Fsp3) is 0.294. The molecule has 1 fully saturated rings. The van der Waals surface area contributed by atoms with Crippen molar-refractivity contribution in [3.8, 4) is 5.75 Å². The first-order valence-corrected chi connectivity index (χ1v) is 7.70. The zero-order valence-electron chi connectivity index (χ0n) is 11.6. The summed E-state index contributed by atoms with van der Waals surface area (Å²) in [5.41, 5.74) is 2.68. The molecule has 104 valence electrons. The van der Waals surface area contributed by atoms with Crippen LogP contribution in [0.1, 0.15) is 17.9 Å². The highest BCUT2D eigenvalue weighted by Crippen LogP contribution is 2.32. The van der Waals surface area contributed by atoms with Crippen LogP contribution in [-0.4, -0.2) is 20.2 Å². The van der Waals surface area contributed by atoms with Gasteiger partial charge in [0.2, 0.25) is 0 Å². The molecule has 1 heterocycles. The molecular formula is C17H18BrNO. The third kappa shape index (κ3) is 2.83. The first-order valence-electron chi connectivity index (χ1n) is 6.91. The molecule has 1 aliphatic heterocycles. The van der Waals surface area contributed by atoms with Crippen LogP contribution in [0, 0.1) is 0 Å². The van der Waals surface area contributed by atoms with Gasteiger partial charge in [-0.2, -0.15) is 0 Å². The number of ether oxygens (including phenoxy) is 1. The van der Waals surface area contributed by atoms with Gasteiger partial charge in [0.25, 0.3) is 0 Å². The van der Waals surface area contributed by atoms with E-state index >= 15 is 0 Å². The Labute approximate surface area is 128 Å². The van der Waals surface area contributed by atoms with Crippen molar-refractivity contribution in [2.75, 3.05) is 25.1 Å². The summed E-state index contributed by atoms with van der Waals surface area (Å²) in [6, 6.07) is 17.0. The minimum Gasteiger partial charge on any atom is -0.497 e. The van der Waals surface area contributed by atoms with Crippen LogP contribution in [0.4, 0.5) is 5.69 Å². The molecule has 1 atom stereocenters. The quantitative estimate of drug-likeness (QED) is 0.823. The molecule has 0 saturated carbocycles. The second-order valence-corrected chi connectivity index (χ2v) is 6.10. The van der Waals surface area contributed by atoms with Crippen LogP contribution >= 0.6 is 15.9 Å². The second-order valence-electron chi connectivity index (χ2n) is 5.18. The summed E-state index contributed by atoms with van der Waals surface area (Å²) < 4.78 is 6.45. The molecule has 2 aromatic rings. The predicted molar refractivity (Wildman–Crippen MR) is 86.7 cm³/mol. The zero-order chi connectivity index (χ0) is 13.9. The highest BCUT2D eigenvalue weighted by Gasteiger charge is 2.24. The molecule has 1 saturated heterocycles. The fourth-order valence-corrected chi connectivity index (χ4v) is 3.07. The van der Waals surface area contributed by atoms with E-state index in [2.05, 4.69) is 63.3 Å². The van der Waals surface area contributed by atoms with E-state index in [0.29, 0.717) is 5.92 Å². The van der Waals surface area contributed by atoms with Gasteiger partial charge < -0.3 is 9.64 Å². The summed E-state index contributed by atoms with van der Waals surface area (Å²) in [7, 11) is 1.72. The summed E-state index contributed by atoms with van der Waals surface area (Å²) >= 11 is 3.49. The minimum absolute atomic E-state index is 0.620. The average molecular weight is 332 g/mol. The van der Waals surface area contributed by atoms with E-state index in [1.165, 1.54) is 17.7 Å². The fourth-order valence-electron chi connectivity index (χ4n) is 2.81. The molecule has 1 unspecified atom stereocenters. The maximum atomic E-state index is 5.31. The molecule has 3 rings (SSSR count). The molecule has 0 radical (unpaired) electrons. The Morgan fingerprint density at radius 1 is 1.15 bits per heavy atom. The van der Waals surface area contributed by atoms with E-state index in [1.807, 2.05) is 6.07 Å². The van der Waals surface area contributed by atoms with Crippen molar-refractivity contribution in [1.82, 2.24) is 0 Å². The minimum atomic E-state index is 0.620. The zero-order valence-corrected chi connectivity index (χ0v) is 13.1. The van der Waals surface area contributed by atoms with E-state index in [1.54, 1.807) is 7.11 Å². The monoisotopic (exact) mass is 331 g/mol. The lowest BCUT2D eigenvalue weighted by atomic mass is 9.99. The number of benzene rings is 2. The van der Waals surface area contributed by atoms with Crippen LogP contribution in [-0.2, 0) is 0 Å². The van der Waals surface area contributed by atoms with Crippen LogP contribution in [0.3, 0.4) is 0 Å². The summed E-state index contributed by atoms with van der Waals surface area (Å²) in [6.45, 7) is 2.18. The molecule has 0 spiro atoms. The van der Waals surface area contributed by atoms with E-state index in [9.17, 15) is 0 Å². The number of halogens is 1. The Hall–Kier alpha value is -1.48. The Kier molecular flexibility index (Phi) is 3.97. The molecule has 3 heteroatoms. The topological polar surface area (TPSA) is 12.5 Å². The maximum Gasteiger partial charge on any atom is 0.120 e. The van der Waals surface area contributed by atoms with Crippen molar-refractivity contribution in [2.45, 2.75) is 12.3 Å². The molecule has 0 amide bonds. The normalized spacial score (nSPS) is 18.3. The lowest BCUT2D eigenvalue weighted by Gasteiger charge is -2.19. The van der Waals surface area contributed by atoms with Gasteiger partial charge in [-0.25, -0.2) is 0 Å². The van der Waals surface area contributed by atoms with Gasteiger partial charge >= 0.3 is 0 Å². The molecule has 1 aliphatic rings. The van der Waals surface area contributed by atoms with Crippen LogP contribution in [0.5, 0.6) is 5.75 Å². The third-order valence-corrected chi connectivity index (χ3v) is 4.48. The van der Waals surface area contributed by atoms with Gasteiger partial charge in [0, 0.05) is 35.2 Å². The SMILES string of the molecule is COc1cccc(N2CCC(c3ccc(Br)cc3)C2)c1. The molecule has 0 bridgehead atoms. The number of nitrogens with zero attached hydrogens (tertiary/aromatic N) is 1. The van der Waals surface area contributed by atoms with E-state index in [4.69, 9.17) is 4.74 Å². The van der Waals surface area contributed by atoms with Crippen molar-refractivity contribution >= 4 is 21.6 Å². The van der Waals surface area contributed by atoms with Crippen molar-refractivity contribution in [3.05, 3.63) is 58.6 Å². The predicted octanol–water partition coefficient (Wildman–Crippen LogP) is 4.45.